The first kappa shape index (κ1) is 12.9. The highest BCUT2D eigenvalue weighted by molar-refractivity contribution is 5.43. The number of nitrogens with one attached hydrogen (secondary N) is 1. The lowest BCUT2D eigenvalue weighted by atomic mass is 9.98. The van der Waals surface area contributed by atoms with Gasteiger partial charge in [-0.2, -0.15) is 0 Å². The first-order chi connectivity index (χ1) is 9.19. The Morgan fingerprint density at radius 3 is 2.84 bits per heavy atom. The highest BCUT2D eigenvalue weighted by Crippen LogP contribution is 2.42. The Bertz CT molecular complexity index is 494. The molecule has 0 bridgehead atoms. The molecule has 2 nitrogen and oxygen atoms in total. The second-order valence-corrected chi connectivity index (χ2v) is 6.10. The Morgan fingerprint density at radius 1 is 1.26 bits per heavy atom. The van der Waals surface area contributed by atoms with Crippen LogP contribution in [0.4, 0.5) is 0 Å². The fourth-order valence-electron chi connectivity index (χ4n) is 3.73. The molecule has 19 heavy (non-hydrogen) atoms. The topological polar surface area (TPSA) is 32.3 Å². The molecule has 0 amide bonds. The van der Waals surface area contributed by atoms with E-state index in [0.29, 0.717) is 23.9 Å². The van der Waals surface area contributed by atoms with Gasteiger partial charge in [0.05, 0.1) is 0 Å². The van der Waals surface area contributed by atoms with E-state index in [1.807, 2.05) is 0 Å². The molecule has 1 aromatic rings. The van der Waals surface area contributed by atoms with E-state index in [9.17, 15) is 5.11 Å². The van der Waals surface area contributed by atoms with E-state index in [1.54, 1.807) is 5.56 Å². The molecule has 0 fully saturated rings. The standard InChI is InChI=1S/C17H23NO/c1-11-4-3-5-15-16(8-12(2)17(11)15)18-14-7-6-13(9-14)10-19/h3-7,12-14,16,18-19H,8-10H2,1-2H3/t12-,13-,14+,16+/m0/s1. The largest absolute Gasteiger partial charge is 0.396 e. The molecule has 3 rings (SSSR count). The maximum absolute atomic E-state index is 9.20. The summed E-state index contributed by atoms with van der Waals surface area (Å²) in [5.41, 5.74) is 4.44. The van der Waals surface area contributed by atoms with Crippen LogP contribution in [-0.4, -0.2) is 17.8 Å². The van der Waals surface area contributed by atoms with E-state index in [1.165, 1.54) is 17.5 Å². The Balaban J connectivity index is 1.75. The first-order valence-corrected chi connectivity index (χ1v) is 7.33. The summed E-state index contributed by atoms with van der Waals surface area (Å²) in [6.07, 6.45) is 6.59. The van der Waals surface area contributed by atoms with Gasteiger partial charge in [0.1, 0.15) is 0 Å². The summed E-state index contributed by atoms with van der Waals surface area (Å²) in [4.78, 5) is 0. The van der Waals surface area contributed by atoms with Crippen molar-refractivity contribution < 1.29 is 5.11 Å². The predicted octanol–water partition coefficient (Wildman–Crippen LogP) is 3.07. The second kappa shape index (κ2) is 5.10. The van der Waals surface area contributed by atoms with Crippen molar-refractivity contribution in [1.82, 2.24) is 5.32 Å². The molecule has 0 aromatic heterocycles. The van der Waals surface area contributed by atoms with Gasteiger partial charge in [-0.1, -0.05) is 37.3 Å². The minimum atomic E-state index is 0.269. The maximum atomic E-state index is 9.20. The molecular weight excluding hydrogens is 234 g/mol. The lowest BCUT2D eigenvalue weighted by Gasteiger charge is -2.20. The quantitative estimate of drug-likeness (QED) is 0.816. The molecule has 0 radical (unpaired) electrons. The summed E-state index contributed by atoms with van der Waals surface area (Å²) >= 11 is 0. The highest BCUT2D eigenvalue weighted by Gasteiger charge is 2.31. The van der Waals surface area contributed by atoms with E-state index in [2.05, 4.69) is 49.5 Å². The SMILES string of the molecule is Cc1cccc2c1[C@@H](C)C[C@H]2N[C@@H]1C=C[C@H](CO)C1. The zero-order chi connectivity index (χ0) is 13.4. The molecule has 2 aliphatic rings. The number of aryl methyl sites for hydroxylation is 1. The van der Waals surface area contributed by atoms with Gasteiger partial charge in [-0.3, -0.25) is 0 Å². The summed E-state index contributed by atoms with van der Waals surface area (Å²) in [6.45, 7) is 4.81. The van der Waals surface area contributed by atoms with Gasteiger partial charge in [0.2, 0.25) is 0 Å². The van der Waals surface area contributed by atoms with Gasteiger partial charge in [0, 0.05) is 24.6 Å². The molecule has 102 valence electrons. The van der Waals surface area contributed by atoms with Crippen molar-refractivity contribution in [3.05, 3.63) is 47.0 Å². The monoisotopic (exact) mass is 257 g/mol. The van der Waals surface area contributed by atoms with Crippen molar-refractivity contribution in [3.8, 4) is 0 Å². The Kier molecular flexibility index (Phi) is 3.46. The number of fused-ring (bicyclic) bond motifs is 1. The van der Waals surface area contributed by atoms with Gasteiger partial charge in [-0.15, -0.1) is 0 Å². The maximum Gasteiger partial charge on any atom is 0.0494 e. The van der Waals surface area contributed by atoms with Crippen molar-refractivity contribution >= 4 is 0 Å². The minimum Gasteiger partial charge on any atom is -0.396 e. The van der Waals surface area contributed by atoms with Crippen LogP contribution in [0.15, 0.2) is 30.4 Å². The van der Waals surface area contributed by atoms with E-state index in [0.717, 1.165) is 6.42 Å². The summed E-state index contributed by atoms with van der Waals surface area (Å²) in [7, 11) is 0. The van der Waals surface area contributed by atoms with E-state index in [-0.39, 0.29) is 6.61 Å². The molecule has 0 unspecified atom stereocenters. The molecule has 4 atom stereocenters. The average Bonchev–Trinajstić information content (AvgIpc) is 2.96. The summed E-state index contributed by atoms with van der Waals surface area (Å²) < 4.78 is 0. The van der Waals surface area contributed by atoms with Gasteiger partial charge in [-0.05, 0) is 42.4 Å². The second-order valence-electron chi connectivity index (χ2n) is 6.10. The third kappa shape index (κ3) is 2.35. The van der Waals surface area contributed by atoms with E-state index < -0.39 is 0 Å². The fourth-order valence-corrected chi connectivity index (χ4v) is 3.73. The Hall–Kier alpha value is -1.12. The minimum absolute atomic E-state index is 0.269. The number of aliphatic hydroxyl groups excluding tert-OH is 1. The number of aliphatic hydroxyl groups is 1. The zero-order valence-corrected chi connectivity index (χ0v) is 11.8. The average molecular weight is 257 g/mol. The van der Waals surface area contributed by atoms with Crippen LogP contribution in [0.3, 0.4) is 0 Å². The number of benzene rings is 1. The molecule has 0 saturated heterocycles. The van der Waals surface area contributed by atoms with Gasteiger partial charge in [-0.25, -0.2) is 0 Å². The molecule has 0 heterocycles. The Morgan fingerprint density at radius 2 is 2.11 bits per heavy atom. The van der Waals surface area contributed by atoms with Crippen LogP contribution in [-0.2, 0) is 0 Å². The third-order valence-electron chi connectivity index (χ3n) is 4.64. The number of rotatable bonds is 3. The number of hydrogen-bond acceptors (Lipinski definition) is 2. The van der Waals surface area contributed by atoms with Crippen molar-refractivity contribution in [3.63, 3.8) is 0 Å². The summed E-state index contributed by atoms with van der Waals surface area (Å²) in [5.74, 6) is 0.987. The van der Waals surface area contributed by atoms with Gasteiger partial charge in [0.15, 0.2) is 0 Å². The highest BCUT2D eigenvalue weighted by atomic mass is 16.3. The van der Waals surface area contributed by atoms with Crippen molar-refractivity contribution in [2.24, 2.45) is 5.92 Å². The van der Waals surface area contributed by atoms with Crippen molar-refractivity contribution in [1.29, 1.82) is 0 Å². The molecule has 0 aliphatic heterocycles. The lowest BCUT2D eigenvalue weighted by Crippen LogP contribution is -2.29. The summed E-state index contributed by atoms with van der Waals surface area (Å²) in [6, 6.07) is 7.54. The van der Waals surface area contributed by atoms with Gasteiger partial charge < -0.3 is 10.4 Å². The molecule has 1 aromatic carbocycles. The zero-order valence-electron chi connectivity index (χ0n) is 11.8. The predicted molar refractivity (Wildman–Crippen MR) is 78.2 cm³/mol. The summed E-state index contributed by atoms with van der Waals surface area (Å²) in [5, 5.41) is 13.0. The van der Waals surface area contributed by atoms with E-state index >= 15 is 0 Å². The van der Waals surface area contributed by atoms with Gasteiger partial charge in [0.25, 0.3) is 0 Å². The van der Waals surface area contributed by atoms with Crippen LogP contribution in [0.5, 0.6) is 0 Å². The Labute approximate surface area is 115 Å². The van der Waals surface area contributed by atoms with Crippen LogP contribution in [0.2, 0.25) is 0 Å². The lowest BCUT2D eigenvalue weighted by molar-refractivity contribution is 0.244. The van der Waals surface area contributed by atoms with Gasteiger partial charge >= 0.3 is 0 Å². The molecule has 2 heteroatoms. The normalized spacial score (nSPS) is 32.8. The van der Waals surface area contributed by atoms with Crippen LogP contribution >= 0.6 is 0 Å². The van der Waals surface area contributed by atoms with Crippen LogP contribution < -0.4 is 5.32 Å². The van der Waals surface area contributed by atoms with Crippen molar-refractivity contribution in [2.45, 2.75) is 44.7 Å². The van der Waals surface area contributed by atoms with Crippen LogP contribution in [0.1, 0.15) is 48.4 Å². The molecule has 2 aliphatic carbocycles. The van der Waals surface area contributed by atoms with Crippen molar-refractivity contribution in [2.75, 3.05) is 6.61 Å². The first-order valence-electron chi connectivity index (χ1n) is 7.33. The van der Waals surface area contributed by atoms with Crippen LogP contribution in [0, 0.1) is 12.8 Å². The smallest absolute Gasteiger partial charge is 0.0494 e. The number of hydrogen-bond donors (Lipinski definition) is 2. The molecule has 0 saturated carbocycles. The molecule has 2 N–H and O–H groups in total. The fraction of sp³-hybridized carbons (Fsp3) is 0.529. The van der Waals surface area contributed by atoms with E-state index in [4.69, 9.17) is 0 Å². The third-order valence-corrected chi connectivity index (χ3v) is 4.64. The van der Waals surface area contributed by atoms with Crippen LogP contribution in [0.25, 0.3) is 0 Å². The molecule has 0 spiro atoms. The molecular formula is C17H23NO.